The maximum absolute atomic E-state index is 9.02. The Kier molecular flexibility index (Phi) is 7.86. The summed E-state index contributed by atoms with van der Waals surface area (Å²) in [6.07, 6.45) is -2.39. The third-order valence-corrected chi connectivity index (χ3v) is 118. The van der Waals surface area contributed by atoms with Gasteiger partial charge in [0.25, 0.3) is 0 Å². The van der Waals surface area contributed by atoms with E-state index < -0.39 is 27.7 Å². The molecule has 1 aliphatic heterocycles. The largest absolute Gasteiger partial charge is 0.174 e. The maximum atomic E-state index is 9.02. The predicted octanol–water partition coefficient (Wildman–Crippen LogP) is 11.4. The number of halogens is 1. The van der Waals surface area contributed by atoms with Crippen molar-refractivity contribution in [1.82, 2.24) is 0 Å². The van der Waals surface area contributed by atoms with Gasteiger partial charge in [0, 0.05) is 0 Å². The van der Waals surface area contributed by atoms with Gasteiger partial charge in [-0.3, -0.25) is 0 Å². The van der Waals surface area contributed by atoms with Crippen molar-refractivity contribution in [1.29, 1.82) is 0 Å². The predicted molar refractivity (Wildman–Crippen MR) is 177 cm³/mol. The molecule has 0 radical (unpaired) electrons. The van der Waals surface area contributed by atoms with Crippen LogP contribution in [0, 0.1) is 0 Å². The molecule has 0 unspecified atom stereocenters. The van der Waals surface area contributed by atoms with Gasteiger partial charge in [-0.05, 0) is 36.3 Å². The first-order valence-corrected chi connectivity index (χ1v) is 27.5. The molecule has 5 heteroatoms. The molecule has 1 heterocycles. The van der Waals surface area contributed by atoms with Crippen LogP contribution < -0.4 is 0 Å². The topological polar surface area (TPSA) is 0 Å². The Morgan fingerprint density at radius 2 is 0.778 bits per heavy atom. The van der Waals surface area contributed by atoms with Gasteiger partial charge in [-0.25, -0.2) is 0 Å². The molecule has 0 aliphatic carbocycles. The molecule has 0 spiro atoms. The second-order valence-electron chi connectivity index (χ2n) is 18.2. The number of rotatable bonds is 2. The van der Waals surface area contributed by atoms with E-state index in [9.17, 15) is 0 Å². The van der Waals surface area contributed by atoms with Crippen LogP contribution in [0.15, 0.2) is 30.3 Å². The Morgan fingerprint density at radius 1 is 0.472 bits per heavy atom. The molecule has 0 N–H and O–H groups in total. The van der Waals surface area contributed by atoms with Gasteiger partial charge in [-0.2, -0.15) is 11.1 Å². The zero-order valence-corrected chi connectivity index (χ0v) is 32.2. The van der Waals surface area contributed by atoms with Gasteiger partial charge >= 0.3 is 0 Å². The lowest BCUT2D eigenvalue weighted by atomic mass is 10.2. The van der Waals surface area contributed by atoms with E-state index in [1.54, 1.807) is 5.56 Å². The molecular weight excluding hydrogens is 520 g/mol. The first-order valence-electron chi connectivity index (χ1n) is 14.3. The fourth-order valence-electron chi connectivity index (χ4n) is 11.6. The van der Waals surface area contributed by atoms with Gasteiger partial charge in [-0.15, -0.1) is 0 Å². The SMILES string of the molecule is CC(C)(C)[Si]1(Cl)[Si](C(C)(C)C)(C(C)(C)C)[Si](Cc2ccccc2)(C(C)(C)C)[Si]1(C(C)(C)C)C(C)(C)C. The molecule has 1 saturated heterocycles. The van der Waals surface area contributed by atoms with Crippen molar-refractivity contribution in [3.8, 4) is 0 Å². The summed E-state index contributed by atoms with van der Waals surface area (Å²) < 4.78 is 0. The summed E-state index contributed by atoms with van der Waals surface area (Å²) in [5, 5.41) is 1.41. The van der Waals surface area contributed by atoms with E-state index in [1.807, 2.05) is 0 Å². The quantitative estimate of drug-likeness (QED) is 0.241. The molecule has 0 aromatic heterocycles. The van der Waals surface area contributed by atoms with Crippen molar-refractivity contribution >= 4 is 38.8 Å². The Balaban J connectivity index is 3.50. The summed E-state index contributed by atoms with van der Waals surface area (Å²) in [6, 6.07) is 13.0. The fraction of sp³-hybridized carbons (Fsp3) is 0.806. The Labute approximate surface area is 234 Å². The van der Waals surface area contributed by atoms with Crippen molar-refractivity contribution in [2.24, 2.45) is 0 Å². The number of hydrogen-bond acceptors (Lipinski definition) is 0. The van der Waals surface area contributed by atoms with E-state index in [1.165, 1.54) is 6.04 Å². The van der Waals surface area contributed by atoms with Crippen molar-refractivity contribution in [2.45, 2.75) is 161 Å². The van der Waals surface area contributed by atoms with E-state index in [2.05, 4.69) is 155 Å². The van der Waals surface area contributed by atoms with Crippen LogP contribution in [0.4, 0.5) is 0 Å². The third kappa shape index (κ3) is 3.58. The maximum Gasteiger partial charge on any atom is 0.141 e. The monoisotopic (exact) mass is 580 g/mol. The molecule has 1 aromatic carbocycles. The van der Waals surface area contributed by atoms with Crippen LogP contribution in [-0.4, -0.2) is 27.7 Å². The average molecular weight is 582 g/mol. The highest BCUT2D eigenvalue weighted by atomic mass is 35.6. The fourth-order valence-corrected chi connectivity index (χ4v) is 201. The van der Waals surface area contributed by atoms with Crippen LogP contribution in [0.25, 0.3) is 0 Å². The third-order valence-electron chi connectivity index (χ3n) is 10.4. The highest BCUT2D eigenvalue weighted by Crippen LogP contribution is 2.86. The molecule has 1 aliphatic rings. The zero-order valence-electron chi connectivity index (χ0n) is 27.5. The first kappa shape index (κ1) is 32.6. The minimum absolute atomic E-state index is 0.159. The van der Waals surface area contributed by atoms with Crippen molar-refractivity contribution in [3.63, 3.8) is 0 Å². The first-order chi connectivity index (χ1) is 15.6. The molecule has 0 saturated carbocycles. The van der Waals surface area contributed by atoms with Crippen molar-refractivity contribution < 1.29 is 0 Å². The standard InChI is InChI=1S/C31H61ClSi4/c1-26(2,3)33(24-25-22-20-19-21-23-25)34(27(4,5)6,28(7,8)9)36(32,31(16,17)18)35(33,29(10,11)12)30(13,14)15/h19-23H,24H2,1-18H3. The zero-order chi connectivity index (χ0) is 28.8. The smallest absolute Gasteiger partial charge is 0.141 e. The molecular formula is C31H61ClSi4. The van der Waals surface area contributed by atoms with Gasteiger partial charge in [0.2, 0.25) is 0 Å². The van der Waals surface area contributed by atoms with E-state index >= 15 is 0 Å². The minimum atomic E-state index is -2.39. The number of benzene rings is 1. The Hall–Kier alpha value is 0.378. The van der Waals surface area contributed by atoms with Crippen LogP contribution in [-0.2, 0) is 6.04 Å². The Bertz CT molecular complexity index is 870. The summed E-state index contributed by atoms with van der Waals surface area (Å²) in [5.74, 6) is 0. The lowest BCUT2D eigenvalue weighted by Gasteiger charge is -2.93. The molecule has 2 rings (SSSR count). The van der Waals surface area contributed by atoms with Crippen LogP contribution >= 0.6 is 11.1 Å². The Morgan fingerprint density at radius 3 is 1.00 bits per heavy atom. The minimum Gasteiger partial charge on any atom is -0.174 e. The summed E-state index contributed by atoms with van der Waals surface area (Å²) in [7, 11) is -6.49. The van der Waals surface area contributed by atoms with Crippen molar-refractivity contribution in [2.75, 3.05) is 0 Å². The van der Waals surface area contributed by atoms with E-state index in [4.69, 9.17) is 11.1 Å². The highest BCUT2D eigenvalue weighted by Gasteiger charge is 3.00. The summed E-state index contributed by atoms with van der Waals surface area (Å²) in [4.78, 5) is 0. The summed E-state index contributed by atoms with van der Waals surface area (Å²) in [6.45, 7) is 47.5. The average Bonchev–Trinajstić information content (AvgIpc) is 2.54. The second-order valence-corrected chi connectivity index (χ2v) is 61.9. The van der Waals surface area contributed by atoms with E-state index in [0.29, 0.717) is 0 Å². The van der Waals surface area contributed by atoms with Crippen LogP contribution in [0.2, 0.25) is 30.2 Å². The van der Waals surface area contributed by atoms with Gasteiger partial charge in [0.1, 0.15) is 6.42 Å². The lowest BCUT2D eigenvalue weighted by molar-refractivity contribution is 0.593. The van der Waals surface area contributed by atoms with Crippen LogP contribution in [0.3, 0.4) is 0 Å². The normalized spacial score (nSPS) is 27.5. The van der Waals surface area contributed by atoms with Crippen molar-refractivity contribution in [3.05, 3.63) is 35.9 Å². The van der Waals surface area contributed by atoms with Gasteiger partial charge in [-0.1, -0.05) is 161 Å². The highest BCUT2D eigenvalue weighted by molar-refractivity contribution is 8.22. The molecule has 36 heavy (non-hydrogen) atoms. The van der Waals surface area contributed by atoms with Crippen LogP contribution in [0.5, 0.6) is 0 Å². The number of hydrogen-bond donors (Lipinski definition) is 0. The van der Waals surface area contributed by atoms with Crippen LogP contribution in [0.1, 0.15) is 130 Å². The molecule has 1 aromatic rings. The van der Waals surface area contributed by atoms with Gasteiger partial charge < -0.3 is 0 Å². The molecule has 1 fully saturated rings. The molecule has 0 amide bonds. The summed E-state index contributed by atoms with van der Waals surface area (Å²) >= 11 is 9.02. The second kappa shape index (κ2) is 8.69. The molecule has 0 bridgehead atoms. The van der Waals surface area contributed by atoms with E-state index in [-0.39, 0.29) is 30.2 Å². The van der Waals surface area contributed by atoms with E-state index in [0.717, 1.165) is 0 Å². The molecule has 208 valence electrons. The summed E-state index contributed by atoms with van der Waals surface area (Å²) in [5.41, 5.74) is 1.58. The van der Waals surface area contributed by atoms with Gasteiger partial charge in [0.15, 0.2) is 0 Å². The molecule has 0 atom stereocenters. The molecule has 0 nitrogen and oxygen atoms in total. The lowest BCUT2D eigenvalue weighted by Crippen LogP contribution is -3.15. The van der Waals surface area contributed by atoms with Gasteiger partial charge in [0.05, 0.1) is 21.3 Å².